The summed E-state index contributed by atoms with van der Waals surface area (Å²) in [5.41, 5.74) is 1.22. The normalized spacial score (nSPS) is 10.3. The van der Waals surface area contributed by atoms with Gasteiger partial charge in [0.1, 0.15) is 10.8 Å². The Morgan fingerprint density at radius 2 is 2.28 bits per heavy atom. The Morgan fingerprint density at radius 3 is 2.94 bits per heavy atom. The summed E-state index contributed by atoms with van der Waals surface area (Å²) < 4.78 is 0. The van der Waals surface area contributed by atoms with Crippen LogP contribution in [0.5, 0.6) is 0 Å². The summed E-state index contributed by atoms with van der Waals surface area (Å²) >= 11 is 7.25. The first-order chi connectivity index (χ1) is 8.65. The van der Waals surface area contributed by atoms with E-state index in [0.717, 1.165) is 10.7 Å². The van der Waals surface area contributed by atoms with Crippen LogP contribution in [0.3, 0.4) is 0 Å². The van der Waals surface area contributed by atoms with Crippen LogP contribution in [0.1, 0.15) is 21.2 Å². The zero-order valence-electron chi connectivity index (χ0n) is 9.68. The zero-order valence-corrected chi connectivity index (χ0v) is 11.3. The molecule has 0 aliphatic rings. The van der Waals surface area contributed by atoms with Gasteiger partial charge < -0.3 is 5.32 Å². The number of thiazole rings is 1. The van der Waals surface area contributed by atoms with Crippen LogP contribution in [-0.2, 0) is 6.42 Å². The van der Waals surface area contributed by atoms with Gasteiger partial charge in [0.15, 0.2) is 0 Å². The number of carbonyl (C=O) groups is 1. The first-order valence-corrected chi connectivity index (χ1v) is 6.57. The Morgan fingerprint density at radius 1 is 1.44 bits per heavy atom. The lowest BCUT2D eigenvalue weighted by molar-refractivity contribution is 0.0949. The molecule has 0 atom stereocenters. The van der Waals surface area contributed by atoms with Gasteiger partial charge in [-0.05, 0) is 6.92 Å². The Kier molecular flexibility index (Phi) is 4.22. The smallest absolute Gasteiger partial charge is 0.271 e. The molecule has 2 aromatic heterocycles. The molecule has 2 rings (SSSR count). The van der Waals surface area contributed by atoms with Crippen LogP contribution >= 0.6 is 22.9 Å². The summed E-state index contributed by atoms with van der Waals surface area (Å²) in [6.07, 6.45) is 3.48. The number of amides is 1. The highest BCUT2D eigenvalue weighted by Gasteiger charge is 2.08. The molecule has 1 amide bonds. The van der Waals surface area contributed by atoms with Crippen LogP contribution in [-0.4, -0.2) is 27.4 Å². The highest BCUT2D eigenvalue weighted by molar-refractivity contribution is 7.09. The third kappa shape index (κ3) is 3.48. The summed E-state index contributed by atoms with van der Waals surface area (Å²) in [5.74, 6) is -0.279. The molecule has 0 saturated carbocycles. The van der Waals surface area contributed by atoms with E-state index in [1.807, 2.05) is 12.3 Å². The molecule has 5 nitrogen and oxygen atoms in total. The number of nitrogens with one attached hydrogen (secondary N) is 1. The predicted molar refractivity (Wildman–Crippen MR) is 69.9 cm³/mol. The van der Waals surface area contributed by atoms with E-state index in [9.17, 15) is 4.79 Å². The van der Waals surface area contributed by atoms with Gasteiger partial charge >= 0.3 is 0 Å². The Bertz CT molecular complexity index is 557. The SMILES string of the molecule is Cc1csc(CCNC(=O)c2cncc(Cl)n2)n1. The first-order valence-electron chi connectivity index (χ1n) is 5.32. The number of hydrogen-bond acceptors (Lipinski definition) is 5. The second-order valence-electron chi connectivity index (χ2n) is 3.62. The molecule has 0 fully saturated rings. The number of aromatic nitrogens is 3. The number of rotatable bonds is 4. The van der Waals surface area contributed by atoms with Crippen LogP contribution in [0, 0.1) is 6.92 Å². The molecule has 0 aromatic carbocycles. The van der Waals surface area contributed by atoms with Gasteiger partial charge in [0.25, 0.3) is 5.91 Å². The lowest BCUT2D eigenvalue weighted by atomic mass is 10.4. The fourth-order valence-electron chi connectivity index (χ4n) is 1.34. The summed E-state index contributed by atoms with van der Waals surface area (Å²) in [4.78, 5) is 23.7. The minimum atomic E-state index is -0.279. The second-order valence-corrected chi connectivity index (χ2v) is 4.95. The maximum Gasteiger partial charge on any atom is 0.271 e. The molecule has 0 radical (unpaired) electrons. The Balaban J connectivity index is 1.85. The van der Waals surface area contributed by atoms with Crippen LogP contribution in [0.15, 0.2) is 17.8 Å². The molecule has 0 aliphatic carbocycles. The van der Waals surface area contributed by atoms with Crippen molar-refractivity contribution >= 4 is 28.8 Å². The van der Waals surface area contributed by atoms with Crippen molar-refractivity contribution < 1.29 is 4.79 Å². The lowest BCUT2D eigenvalue weighted by Crippen LogP contribution is -2.26. The maximum absolute atomic E-state index is 11.7. The maximum atomic E-state index is 11.7. The zero-order chi connectivity index (χ0) is 13.0. The number of halogens is 1. The topological polar surface area (TPSA) is 67.8 Å². The monoisotopic (exact) mass is 282 g/mol. The first kappa shape index (κ1) is 12.9. The average Bonchev–Trinajstić information content (AvgIpc) is 2.75. The Labute approximate surface area is 113 Å². The molecule has 94 valence electrons. The van der Waals surface area contributed by atoms with Gasteiger partial charge in [-0.3, -0.25) is 9.78 Å². The standard InChI is InChI=1S/C11H11ClN4OS/c1-7-6-18-10(15-7)2-3-14-11(17)8-4-13-5-9(12)16-8/h4-6H,2-3H2,1H3,(H,14,17). The van der Waals surface area contributed by atoms with Crippen LogP contribution in [0.4, 0.5) is 0 Å². The molecule has 2 aromatic rings. The fourth-order valence-corrected chi connectivity index (χ4v) is 2.27. The van der Waals surface area contributed by atoms with Gasteiger partial charge in [0.2, 0.25) is 0 Å². The summed E-state index contributed by atoms with van der Waals surface area (Å²) in [7, 11) is 0. The van der Waals surface area contributed by atoms with Crippen molar-refractivity contribution in [3.8, 4) is 0 Å². The minimum absolute atomic E-state index is 0.207. The molecule has 1 N–H and O–H groups in total. The molecular formula is C11H11ClN4OS. The van der Waals surface area contributed by atoms with Crippen molar-refractivity contribution in [2.75, 3.05) is 6.54 Å². The van der Waals surface area contributed by atoms with Gasteiger partial charge in [-0.15, -0.1) is 11.3 Å². The molecule has 0 saturated heterocycles. The van der Waals surface area contributed by atoms with Gasteiger partial charge in [-0.1, -0.05) is 11.6 Å². The molecule has 0 bridgehead atoms. The second kappa shape index (κ2) is 5.88. The van der Waals surface area contributed by atoms with Crippen molar-refractivity contribution in [3.63, 3.8) is 0 Å². The molecule has 0 unspecified atom stereocenters. The van der Waals surface area contributed by atoms with E-state index < -0.39 is 0 Å². The van der Waals surface area contributed by atoms with E-state index in [-0.39, 0.29) is 16.8 Å². The Hall–Kier alpha value is -1.53. The molecule has 2 heterocycles. The van der Waals surface area contributed by atoms with Crippen molar-refractivity contribution in [2.45, 2.75) is 13.3 Å². The van der Waals surface area contributed by atoms with E-state index in [1.54, 1.807) is 11.3 Å². The minimum Gasteiger partial charge on any atom is -0.350 e. The van der Waals surface area contributed by atoms with E-state index >= 15 is 0 Å². The van der Waals surface area contributed by atoms with Gasteiger partial charge in [-0.2, -0.15) is 0 Å². The van der Waals surface area contributed by atoms with E-state index in [0.29, 0.717) is 13.0 Å². The average molecular weight is 283 g/mol. The van der Waals surface area contributed by atoms with Gasteiger partial charge in [-0.25, -0.2) is 9.97 Å². The van der Waals surface area contributed by atoms with Crippen molar-refractivity contribution in [1.29, 1.82) is 0 Å². The molecular weight excluding hydrogens is 272 g/mol. The molecule has 7 heteroatoms. The van der Waals surface area contributed by atoms with Crippen LogP contribution in [0.25, 0.3) is 0 Å². The number of aryl methyl sites for hydroxylation is 1. The van der Waals surface area contributed by atoms with Crippen LogP contribution < -0.4 is 5.32 Å². The lowest BCUT2D eigenvalue weighted by Gasteiger charge is -2.02. The number of nitrogens with zero attached hydrogens (tertiary/aromatic N) is 3. The highest BCUT2D eigenvalue weighted by atomic mass is 35.5. The fraction of sp³-hybridized carbons (Fsp3) is 0.273. The summed E-state index contributed by atoms with van der Waals surface area (Å²) in [6.45, 7) is 2.46. The van der Waals surface area contributed by atoms with Crippen LogP contribution in [0.2, 0.25) is 5.15 Å². The van der Waals surface area contributed by atoms with Crippen molar-refractivity contribution in [3.05, 3.63) is 39.3 Å². The molecule has 18 heavy (non-hydrogen) atoms. The van der Waals surface area contributed by atoms with Gasteiger partial charge in [0, 0.05) is 24.0 Å². The van der Waals surface area contributed by atoms with Crippen molar-refractivity contribution in [1.82, 2.24) is 20.3 Å². The third-order valence-electron chi connectivity index (χ3n) is 2.13. The molecule has 0 spiro atoms. The quantitative estimate of drug-likeness (QED) is 0.929. The third-order valence-corrected chi connectivity index (χ3v) is 3.34. The van der Waals surface area contributed by atoms with Gasteiger partial charge in [0.05, 0.1) is 17.4 Å². The molecule has 0 aliphatic heterocycles. The summed E-state index contributed by atoms with van der Waals surface area (Å²) in [6, 6.07) is 0. The highest BCUT2D eigenvalue weighted by Crippen LogP contribution is 2.08. The number of hydrogen-bond donors (Lipinski definition) is 1. The van der Waals surface area contributed by atoms with E-state index in [1.165, 1.54) is 12.4 Å². The van der Waals surface area contributed by atoms with E-state index in [2.05, 4.69) is 20.3 Å². The largest absolute Gasteiger partial charge is 0.350 e. The number of carbonyl (C=O) groups excluding carboxylic acids is 1. The van der Waals surface area contributed by atoms with Crippen molar-refractivity contribution in [2.24, 2.45) is 0 Å². The predicted octanol–water partition coefficient (Wildman–Crippen LogP) is 1.87. The van der Waals surface area contributed by atoms with E-state index in [4.69, 9.17) is 11.6 Å². The summed E-state index contributed by atoms with van der Waals surface area (Å²) in [5, 5.41) is 5.95.